The van der Waals surface area contributed by atoms with Crippen LogP contribution < -0.4 is 0 Å². The number of ether oxygens (including phenoxy) is 2. The lowest BCUT2D eigenvalue weighted by Crippen LogP contribution is -2.46. The molecule has 0 bridgehead atoms. The van der Waals surface area contributed by atoms with Gasteiger partial charge in [-0.15, -0.1) is 0 Å². The number of hydrogen-bond donors (Lipinski definition) is 1. The standard InChI is InChI=1S/C13H22O3/c1-12(2)15-10-5-7-13(8-14)6-3-4-9(13)11(10)16-12/h9-11,14H,3-8H2,1-2H3/t9-,10+,11-,13+/m0/s1. The molecule has 3 fully saturated rings. The van der Waals surface area contributed by atoms with Crippen molar-refractivity contribution < 1.29 is 14.6 Å². The molecule has 3 aliphatic rings. The molecule has 3 nitrogen and oxygen atoms in total. The summed E-state index contributed by atoms with van der Waals surface area (Å²) in [5.41, 5.74) is 0.144. The minimum atomic E-state index is -0.427. The molecule has 0 radical (unpaired) electrons. The Kier molecular flexibility index (Phi) is 2.36. The van der Waals surface area contributed by atoms with Gasteiger partial charge in [0.25, 0.3) is 0 Å². The first-order valence-corrected chi connectivity index (χ1v) is 6.53. The molecule has 0 amide bonds. The quantitative estimate of drug-likeness (QED) is 0.744. The Bertz CT molecular complexity index is 289. The van der Waals surface area contributed by atoms with Gasteiger partial charge < -0.3 is 14.6 Å². The van der Waals surface area contributed by atoms with Crippen LogP contribution in [0.1, 0.15) is 46.0 Å². The first kappa shape index (κ1) is 11.0. The van der Waals surface area contributed by atoms with Gasteiger partial charge in [0.1, 0.15) is 0 Å². The summed E-state index contributed by atoms with van der Waals surface area (Å²) in [4.78, 5) is 0. The van der Waals surface area contributed by atoms with Crippen LogP contribution in [0.15, 0.2) is 0 Å². The Morgan fingerprint density at radius 2 is 2.00 bits per heavy atom. The van der Waals surface area contributed by atoms with Gasteiger partial charge in [0.05, 0.1) is 12.2 Å². The molecule has 1 N–H and O–H groups in total. The smallest absolute Gasteiger partial charge is 0.163 e. The summed E-state index contributed by atoms with van der Waals surface area (Å²) in [6.07, 6.45) is 6.23. The summed E-state index contributed by atoms with van der Waals surface area (Å²) in [6.45, 7) is 4.33. The van der Waals surface area contributed by atoms with E-state index in [0.717, 1.165) is 12.8 Å². The summed E-state index contributed by atoms with van der Waals surface area (Å²) >= 11 is 0. The van der Waals surface area contributed by atoms with E-state index in [1.54, 1.807) is 0 Å². The van der Waals surface area contributed by atoms with Crippen LogP contribution in [-0.2, 0) is 9.47 Å². The molecular weight excluding hydrogens is 204 g/mol. The average Bonchev–Trinajstić information content (AvgIpc) is 2.76. The van der Waals surface area contributed by atoms with Gasteiger partial charge in [-0.05, 0) is 50.9 Å². The molecule has 0 spiro atoms. The first-order valence-electron chi connectivity index (χ1n) is 6.53. The van der Waals surface area contributed by atoms with Gasteiger partial charge >= 0.3 is 0 Å². The van der Waals surface area contributed by atoms with Gasteiger partial charge in [-0.3, -0.25) is 0 Å². The molecule has 1 aliphatic heterocycles. The van der Waals surface area contributed by atoms with Crippen LogP contribution in [-0.4, -0.2) is 29.7 Å². The van der Waals surface area contributed by atoms with Crippen molar-refractivity contribution in [2.45, 2.75) is 63.9 Å². The van der Waals surface area contributed by atoms with Crippen molar-refractivity contribution in [2.75, 3.05) is 6.61 Å². The van der Waals surface area contributed by atoms with Crippen molar-refractivity contribution in [3.05, 3.63) is 0 Å². The van der Waals surface area contributed by atoms with E-state index in [-0.39, 0.29) is 17.6 Å². The number of hydrogen-bond acceptors (Lipinski definition) is 3. The van der Waals surface area contributed by atoms with Crippen molar-refractivity contribution >= 4 is 0 Å². The van der Waals surface area contributed by atoms with Crippen molar-refractivity contribution in [2.24, 2.45) is 11.3 Å². The molecule has 3 rings (SSSR count). The number of aliphatic hydroxyl groups is 1. The lowest BCUT2D eigenvalue weighted by molar-refractivity contribution is -0.151. The molecule has 2 saturated carbocycles. The highest BCUT2D eigenvalue weighted by Gasteiger charge is 2.57. The van der Waals surface area contributed by atoms with E-state index in [9.17, 15) is 5.11 Å². The molecular formula is C13H22O3. The topological polar surface area (TPSA) is 38.7 Å². The third kappa shape index (κ3) is 1.45. The third-order valence-electron chi connectivity index (χ3n) is 4.84. The Labute approximate surface area is 97.1 Å². The van der Waals surface area contributed by atoms with Crippen molar-refractivity contribution in [3.8, 4) is 0 Å². The van der Waals surface area contributed by atoms with Crippen LogP contribution in [0.3, 0.4) is 0 Å². The van der Waals surface area contributed by atoms with Crippen molar-refractivity contribution in [1.29, 1.82) is 0 Å². The maximum Gasteiger partial charge on any atom is 0.163 e. The molecule has 0 aromatic carbocycles. The second-order valence-corrected chi connectivity index (χ2v) is 6.20. The fourth-order valence-corrected chi connectivity index (χ4v) is 4.12. The fourth-order valence-electron chi connectivity index (χ4n) is 4.12. The Morgan fingerprint density at radius 3 is 2.75 bits per heavy atom. The summed E-state index contributed by atoms with van der Waals surface area (Å²) in [5, 5.41) is 9.71. The Morgan fingerprint density at radius 1 is 1.19 bits per heavy atom. The van der Waals surface area contributed by atoms with Crippen LogP contribution >= 0.6 is 0 Å². The molecule has 2 aliphatic carbocycles. The molecule has 3 heteroatoms. The first-order chi connectivity index (χ1) is 7.56. The predicted molar refractivity (Wildman–Crippen MR) is 59.9 cm³/mol. The van der Waals surface area contributed by atoms with Gasteiger partial charge in [-0.2, -0.15) is 0 Å². The zero-order chi connectivity index (χ0) is 11.4. The van der Waals surface area contributed by atoms with Crippen LogP contribution in [0.5, 0.6) is 0 Å². The zero-order valence-electron chi connectivity index (χ0n) is 10.2. The summed E-state index contributed by atoms with van der Waals surface area (Å²) < 4.78 is 12.0. The normalized spacial score (nSPS) is 50.1. The zero-order valence-corrected chi connectivity index (χ0v) is 10.2. The van der Waals surface area contributed by atoms with E-state index in [0.29, 0.717) is 12.5 Å². The lowest BCUT2D eigenvalue weighted by Gasteiger charge is -2.43. The van der Waals surface area contributed by atoms with Crippen LogP contribution in [0.25, 0.3) is 0 Å². The minimum absolute atomic E-state index is 0.144. The fraction of sp³-hybridized carbons (Fsp3) is 1.00. The highest BCUT2D eigenvalue weighted by Crippen LogP contribution is 2.56. The van der Waals surface area contributed by atoms with E-state index >= 15 is 0 Å². The number of rotatable bonds is 1. The second kappa shape index (κ2) is 3.44. The molecule has 0 unspecified atom stereocenters. The molecule has 0 aromatic heterocycles. The van der Waals surface area contributed by atoms with Crippen LogP contribution in [0, 0.1) is 11.3 Å². The third-order valence-corrected chi connectivity index (χ3v) is 4.84. The second-order valence-electron chi connectivity index (χ2n) is 6.20. The summed E-state index contributed by atoms with van der Waals surface area (Å²) in [5.74, 6) is 0.0849. The summed E-state index contributed by atoms with van der Waals surface area (Å²) in [7, 11) is 0. The molecule has 1 heterocycles. The van der Waals surface area contributed by atoms with Crippen molar-refractivity contribution in [1.82, 2.24) is 0 Å². The van der Waals surface area contributed by atoms with Gasteiger partial charge in [0, 0.05) is 6.61 Å². The van der Waals surface area contributed by atoms with E-state index in [2.05, 4.69) is 0 Å². The van der Waals surface area contributed by atoms with E-state index in [4.69, 9.17) is 9.47 Å². The van der Waals surface area contributed by atoms with Gasteiger partial charge in [-0.25, -0.2) is 0 Å². The molecule has 4 atom stereocenters. The van der Waals surface area contributed by atoms with E-state index < -0.39 is 5.79 Å². The van der Waals surface area contributed by atoms with Crippen LogP contribution in [0.4, 0.5) is 0 Å². The lowest BCUT2D eigenvalue weighted by atomic mass is 9.66. The van der Waals surface area contributed by atoms with E-state index in [1.165, 1.54) is 19.3 Å². The average molecular weight is 226 g/mol. The monoisotopic (exact) mass is 226 g/mol. The molecule has 92 valence electrons. The van der Waals surface area contributed by atoms with Gasteiger partial charge in [-0.1, -0.05) is 6.42 Å². The van der Waals surface area contributed by atoms with Gasteiger partial charge in [0.2, 0.25) is 0 Å². The molecule has 16 heavy (non-hydrogen) atoms. The number of fused-ring (bicyclic) bond motifs is 3. The van der Waals surface area contributed by atoms with Crippen molar-refractivity contribution in [3.63, 3.8) is 0 Å². The Hall–Kier alpha value is -0.120. The molecule has 1 saturated heterocycles. The minimum Gasteiger partial charge on any atom is -0.396 e. The van der Waals surface area contributed by atoms with E-state index in [1.807, 2.05) is 13.8 Å². The highest BCUT2D eigenvalue weighted by atomic mass is 16.8. The molecule has 0 aromatic rings. The predicted octanol–water partition coefficient (Wildman–Crippen LogP) is 2.08. The SMILES string of the molecule is CC1(C)O[C@@H]2[C@@H](CC[C@@]3(CO)CCC[C@@H]23)O1. The number of aliphatic hydroxyl groups excluding tert-OH is 1. The van der Waals surface area contributed by atoms with Gasteiger partial charge in [0.15, 0.2) is 5.79 Å². The maximum atomic E-state index is 9.71. The Balaban J connectivity index is 1.86. The largest absolute Gasteiger partial charge is 0.396 e. The highest BCUT2D eigenvalue weighted by molar-refractivity contribution is 5.04. The maximum absolute atomic E-state index is 9.71. The summed E-state index contributed by atoms with van der Waals surface area (Å²) in [6, 6.07) is 0. The van der Waals surface area contributed by atoms with Crippen LogP contribution in [0.2, 0.25) is 0 Å².